The lowest BCUT2D eigenvalue weighted by Crippen LogP contribution is -2.49. The summed E-state index contributed by atoms with van der Waals surface area (Å²) in [4.78, 5) is 18.2. The van der Waals surface area contributed by atoms with Crippen LogP contribution in [0.4, 0.5) is 5.82 Å². The van der Waals surface area contributed by atoms with Crippen molar-refractivity contribution in [2.45, 2.75) is 44.9 Å². The van der Waals surface area contributed by atoms with E-state index in [1.807, 2.05) is 0 Å². The van der Waals surface area contributed by atoms with Crippen LogP contribution in [0.2, 0.25) is 0 Å². The molecule has 0 radical (unpaired) electrons. The van der Waals surface area contributed by atoms with E-state index < -0.39 is 0 Å². The lowest BCUT2D eigenvalue weighted by Gasteiger charge is -2.40. The molecule has 190 valence electrons. The summed E-state index contributed by atoms with van der Waals surface area (Å²) in [5.41, 5.74) is 2.79. The third-order valence-electron chi connectivity index (χ3n) is 8.85. The van der Waals surface area contributed by atoms with Crippen LogP contribution in [0.1, 0.15) is 43.2 Å². The largest absolute Gasteiger partial charge is 0.356 e. The summed E-state index contributed by atoms with van der Waals surface area (Å²) in [6, 6.07) is 17.2. The average Bonchev–Trinajstić information content (AvgIpc) is 3.37. The maximum absolute atomic E-state index is 13.1. The molecule has 2 heterocycles. The summed E-state index contributed by atoms with van der Waals surface area (Å²) < 4.78 is 6.05. The van der Waals surface area contributed by atoms with E-state index in [2.05, 4.69) is 63.6 Å². The Labute approximate surface area is 219 Å². The Morgan fingerprint density at radius 2 is 1.67 bits per heavy atom. The molecular weight excluding hydrogens is 464 g/mol. The average molecular weight is 503 g/mol. The fourth-order valence-corrected chi connectivity index (χ4v) is 7.46. The van der Waals surface area contributed by atoms with Gasteiger partial charge in [0, 0.05) is 50.6 Å². The number of hydrogen-bond donors (Lipinski definition) is 1. The molecule has 5 nitrogen and oxygen atoms in total. The Bertz CT molecular complexity index is 1180. The van der Waals surface area contributed by atoms with Crippen molar-refractivity contribution in [2.24, 2.45) is 17.8 Å². The molecule has 2 aromatic carbocycles. The number of rotatable bonds is 6. The third kappa shape index (κ3) is 5.16. The van der Waals surface area contributed by atoms with Gasteiger partial charge >= 0.3 is 0 Å². The molecule has 1 N–H and O–H groups in total. The number of amides is 1. The maximum Gasteiger partial charge on any atom is 0.223 e. The number of fused-ring (bicyclic) bond motifs is 2. The van der Waals surface area contributed by atoms with Gasteiger partial charge in [-0.15, -0.1) is 0 Å². The van der Waals surface area contributed by atoms with Crippen LogP contribution in [0, 0.1) is 17.8 Å². The molecule has 3 aliphatic rings. The summed E-state index contributed by atoms with van der Waals surface area (Å²) in [6.45, 7) is 6.32. The van der Waals surface area contributed by atoms with Crippen molar-refractivity contribution >= 4 is 33.3 Å². The molecule has 6 heteroatoms. The Morgan fingerprint density at radius 1 is 0.917 bits per heavy atom. The van der Waals surface area contributed by atoms with Crippen molar-refractivity contribution in [3.8, 4) is 0 Å². The summed E-state index contributed by atoms with van der Waals surface area (Å²) in [7, 11) is 0. The van der Waals surface area contributed by atoms with Crippen LogP contribution < -0.4 is 10.2 Å². The van der Waals surface area contributed by atoms with Gasteiger partial charge in [0.15, 0.2) is 0 Å². The Morgan fingerprint density at radius 3 is 2.53 bits per heavy atom. The molecule has 1 saturated heterocycles. The molecule has 1 aromatic heterocycles. The summed E-state index contributed by atoms with van der Waals surface area (Å²) in [6.07, 6.45) is 8.10. The predicted octanol–water partition coefficient (Wildman–Crippen LogP) is 5.15. The lowest BCUT2D eigenvalue weighted by molar-refractivity contribution is -0.125. The topological polar surface area (TPSA) is 48.5 Å². The molecule has 1 saturated carbocycles. The van der Waals surface area contributed by atoms with Crippen molar-refractivity contribution in [1.82, 2.24) is 14.6 Å². The standard InChI is InChI=1S/C30H38N4OS/c35-30(24-14-13-22-7-1-2-8-23(22)19-24)31-20-25-9-3-4-10-26(25)21-33-15-17-34(18-16-33)29-27-11-5-6-12-28(27)36-32-29/h1-2,5-8,11-12,24-26H,3-4,9-10,13-21H2,(H,31,35)/t24?,25-,26+/m0/s1. The van der Waals surface area contributed by atoms with E-state index in [9.17, 15) is 4.79 Å². The maximum atomic E-state index is 13.1. The number of anilines is 1. The van der Waals surface area contributed by atoms with Gasteiger partial charge in [0.1, 0.15) is 5.82 Å². The van der Waals surface area contributed by atoms with Crippen molar-refractivity contribution < 1.29 is 4.79 Å². The predicted molar refractivity (Wildman–Crippen MR) is 149 cm³/mol. The zero-order valence-corrected chi connectivity index (χ0v) is 22.0. The van der Waals surface area contributed by atoms with E-state index >= 15 is 0 Å². The van der Waals surface area contributed by atoms with Gasteiger partial charge in [-0.2, -0.15) is 4.37 Å². The molecule has 0 spiro atoms. The first-order valence-electron chi connectivity index (χ1n) is 13.9. The van der Waals surface area contributed by atoms with Gasteiger partial charge in [-0.1, -0.05) is 49.2 Å². The number of piperazine rings is 1. The number of benzene rings is 2. The monoisotopic (exact) mass is 502 g/mol. The summed E-state index contributed by atoms with van der Waals surface area (Å²) in [5, 5.41) is 4.68. The van der Waals surface area contributed by atoms with E-state index in [1.54, 1.807) is 11.5 Å². The molecule has 2 fully saturated rings. The van der Waals surface area contributed by atoms with Crippen LogP contribution in [-0.2, 0) is 17.6 Å². The second-order valence-corrected chi connectivity index (χ2v) is 11.9. The number of aryl methyl sites for hydroxylation is 1. The van der Waals surface area contributed by atoms with Gasteiger partial charge in [0.25, 0.3) is 0 Å². The molecule has 1 amide bonds. The van der Waals surface area contributed by atoms with Crippen LogP contribution in [0.3, 0.4) is 0 Å². The van der Waals surface area contributed by atoms with E-state index in [-0.39, 0.29) is 11.8 Å². The van der Waals surface area contributed by atoms with E-state index in [0.29, 0.717) is 11.8 Å². The zero-order chi connectivity index (χ0) is 24.3. The van der Waals surface area contributed by atoms with Gasteiger partial charge in [0.2, 0.25) is 5.91 Å². The minimum Gasteiger partial charge on any atom is -0.356 e. The highest BCUT2D eigenvalue weighted by atomic mass is 32.1. The van der Waals surface area contributed by atoms with Crippen molar-refractivity contribution in [2.75, 3.05) is 44.2 Å². The van der Waals surface area contributed by atoms with E-state index in [4.69, 9.17) is 4.37 Å². The SMILES string of the molecule is O=C(NC[C@@H]1CCCC[C@@H]1CN1CCN(c2nsc3ccccc23)CC1)C1CCc2ccccc2C1. The van der Waals surface area contributed by atoms with Crippen LogP contribution in [0.25, 0.3) is 10.1 Å². The third-order valence-corrected chi connectivity index (χ3v) is 9.66. The first-order valence-corrected chi connectivity index (χ1v) is 14.7. The Kier molecular flexibility index (Phi) is 7.24. The van der Waals surface area contributed by atoms with Crippen LogP contribution >= 0.6 is 11.5 Å². The quantitative estimate of drug-likeness (QED) is 0.507. The fraction of sp³-hybridized carbons (Fsp3) is 0.533. The molecular formula is C30H38N4OS. The number of carbonyl (C=O) groups is 1. The molecule has 36 heavy (non-hydrogen) atoms. The Balaban J connectivity index is 1.00. The molecule has 0 bridgehead atoms. The molecule has 1 unspecified atom stereocenters. The van der Waals surface area contributed by atoms with Gasteiger partial charge in [-0.05, 0) is 78.7 Å². The minimum atomic E-state index is 0.136. The van der Waals surface area contributed by atoms with Gasteiger partial charge in [0.05, 0.1) is 4.70 Å². The number of hydrogen-bond acceptors (Lipinski definition) is 5. The summed E-state index contributed by atoms with van der Waals surface area (Å²) in [5.74, 6) is 2.88. The number of nitrogens with zero attached hydrogens (tertiary/aromatic N) is 3. The number of nitrogens with one attached hydrogen (secondary N) is 1. The van der Waals surface area contributed by atoms with Gasteiger partial charge in [-0.25, -0.2) is 0 Å². The van der Waals surface area contributed by atoms with E-state index in [0.717, 1.165) is 52.0 Å². The zero-order valence-electron chi connectivity index (χ0n) is 21.2. The highest BCUT2D eigenvalue weighted by molar-refractivity contribution is 7.13. The minimum absolute atomic E-state index is 0.136. The van der Waals surface area contributed by atoms with Crippen LogP contribution in [0.5, 0.6) is 0 Å². The van der Waals surface area contributed by atoms with Crippen LogP contribution in [-0.4, -0.2) is 54.4 Å². The first kappa shape index (κ1) is 23.9. The fourth-order valence-electron chi connectivity index (χ4n) is 6.67. The van der Waals surface area contributed by atoms with Crippen molar-refractivity contribution in [3.05, 3.63) is 59.7 Å². The molecule has 6 rings (SSSR count). The molecule has 3 atom stereocenters. The second-order valence-electron chi connectivity index (χ2n) is 11.0. The number of carbonyl (C=O) groups excluding carboxylic acids is 1. The highest BCUT2D eigenvalue weighted by Gasteiger charge is 2.30. The van der Waals surface area contributed by atoms with Crippen molar-refractivity contribution in [1.29, 1.82) is 0 Å². The number of aromatic nitrogens is 1. The molecule has 3 aromatic rings. The Hall–Kier alpha value is -2.44. The van der Waals surface area contributed by atoms with Gasteiger partial charge in [-0.3, -0.25) is 9.69 Å². The smallest absolute Gasteiger partial charge is 0.223 e. The first-order chi connectivity index (χ1) is 17.7. The lowest BCUT2D eigenvalue weighted by atomic mass is 9.78. The summed E-state index contributed by atoms with van der Waals surface area (Å²) >= 11 is 1.61. The molecule has 1 aliphatic heterocycles. The normalized spacial score (nSPS) is 25.0. The van der Waals surface area contributed by atoms with Crippen LogP contribution in [0.15, 0.2) is 48.5 Å². The van der Waals surface area contributed by atoms with E-state index in [1.165, 1.54) is 59.3 Å². The van der Waals surface area contributed by atoms with Crippen molar-refractivity contribution in [3.63, 3.8) is 0 Å². The van der Waals surface area contributed by atoms with Gasteiger partial charge < -0.3 is 10.2 Å². The highest BCUT2D eigenvalue weighted by Crippen LogP contribution is 2.33. The second kappa shape index (κ2) is 10.9. The molecule has 2 aliphatic carbocycles.